The number of hydrogen-bond donors (Lipinski definition) is 1. The van der Waals surface area contributed by atoms with Crippen molar-refractivity contribution in [2.45, 2.75) is 12.3 Å². The van der Waals surface area contributed by atoms with Gasteiger partial charge in [0, 0.05) is 43.4 Å². The van der Waals surface area contributed by atoms with Crippen molar-refractivity contribution in [2.75, 3.05) is 18.0 Å². The van der Waals surface area contributed by atoms with Crippen LogP contribution in [0.25, 0.3) is 11.1 Å². The van der Waals surface area contributed by atoms with Crippen LogP contribution in [-0.2, 0) is 0 Å². The van der Waals surface area contributed by atoms with Gasteiger partial charge in [-0.1, -0.05) is 36.5 Å². The summed E-state index contributed by atoms with van der Waals surface area (Å²) in [5, 5.41) is 0. The van der Waals surface area contributed by atoms with Gasteiger partial charge in [-0.05, 0) is 24.6 Å². The number of aromatic nitrogens is 1. The van der Waals surface area contributed by atoms with E-state index in [0.717, 1.165) is 17.8 Å². The highest BCUT2D eigenvalue weighted by molar-refractivity contribution is 5.82. The summed E-state index contributed by atoms with van der Waals surface area (Å²) in [5.41, 5.74) is 2.27. The molecule has 4 rings (SSSR count). The molecule has 1 aliphatic heterocycles. The first-order chi connectivity index (χ1) is 12.1. The van der Waals surface area contributed by atoms with Gasteiger partial charge in [-0.25, -0.2) is 8.78 Å². The molecule has 1 aromatic heterocycles. The molecule has 1 unspecified atom stereocenters. The fourth-order valence-corrected chi connectivity index (χ4v) is 3.26. The van der Waals surface area contributed by atoms with E-state index in [1.807, 2.05) is 36.5 Å². The van der Waals surface area contributed by atoms with Crippen molar-refractivity contribution in [3.63, 3.8) is 0 Å². The summed E-state index contributed by atoms with van der Waals surface area (Å²) in [4.78, 5) is 5.25. The van der Waals surface area contributed by atoms with Gasteiger partial charge in [-0.3, -0.25) is 0 Å². The Hall–Kier alpha value is -2.62. The molecule has 0 bridgehead atoms. The summed E-state index contributed by atoms with van der Waals surface area (Å²) >= 11 is 0. The van der Waals surface area contributed by atoms with Gasteiger partial charge < -0.3 is 9.88 Å². The second kappa shape index (κ2) is 6.11. The van der Waals surface area contributed by atoms with E-state index >= 15 is 0 Å². The van der Waals surface area contributed by atoms with Gasteiger partial charge >= 0.3 is 0 Å². The van der Waals surface area contributed by atoms with Gasteiger partial charge in [0.15, 0.2) is 0 Å². The van der Waals surface area contributed by atoms with Gasteiger partial charge in [0.05, 0.1) is 5.69 Å². The van der Waals surface area contributed by atoms with Crippen molar-refractivity contribution in [1.29, 1.82) is 0 Å². The highest BCUT2D eigenvalue weighted by atomic mass is 19.1. The van der Waals surface area contributed by atoms with E-state index in [2.05, 4.69) is 9.88 Å². The van der Waals surface area contributed by atoms with E-state index in [1.165, 1.54) is 6.07 Å². The van der Waals surface area contributed by atoms with E-state index in [1.54, 1.807) is 6.20 Å². The Morgan fingerprint density at radius 3 is 2.67 bits per heavy atom. The maximum Gasteiger partial charge on any atom is 0.131 e. The molecule has 1 aromatic carbocycles. The minimum Gasteiger partial charge on any atom is -0.362 e. The first-order valence-electron chi connectivity index (χ1n) is 8.50. The maximum absolute atomic E-state index is 14.4. The minimum absolute atomic E-state index is 0.211. The van der Waals surface area contributed by atoms with Crippen LogP contribution in [0.5, 0.6) is 0 Å². The van der Waals surface area contributed by atoms with E-state index in [4.69, 9.17) is 1.37 Å². The van der Waals surface area contributed by atoms with E-state index in [-0.39, 0.29) is 5.56 Å². The molecule has 1 N–H and O–H groups in total. The largest absolute Gasteiger partial charge is 0.362 e. The second-order valence-corrected chi connectivity index (χ2v) is 5.94. The SMILES string of the molecule is [2H]C1(c2[nH]cc(-c3cc(F)ccc3F)c2N2CC=CC2)C=CC=CC1. The van der Waals surface area contributed by atoms with Crippen LogP contribution < -0.4 is 4.90 Å². The monoisotopic (exact) mass is 325 g/mol. The van der Waals surface area contributed by atoms with Crippen LogP contribution in [0, 0.1) is 11.6 Å². The van der Waals surface area contributed by atoms with Crippen LogP contribution in [0.15, 0.2) is 60.9 Å². The van der Waals surface area contributed by atoms with Crippen molar-refractivity contribution < 1.29 is 10.2 Å². The zero-order valence-corrected chi connectivity index (χ0v) is 13.1. The summed E-state index contributed by atoms with van der Waals surface area (Å²) in [6.07, 6.45) is 13.8. The number of allylic oxidation sites excluding steroid dienone is 4. The molecule has 2 heterocycles. The summed E-state index contributed by atoms with van der Waals surface area (Å²) in [6, 6.07) is 3.47. The van der Waals surface area contributed by atoms with Crippen molar-refractivity contribution in [1.82, 2.24) is 4.98 Å². The fourth-order valence-electron chi connectivity index (χ4n) is 3.26. The van der Waals surface area contributed by atoms with Crippen molar-refractivity contribution in [3.8, 4) is 11.1 Å². The summed E-state index contributed by atoms with van der Waals surface area (Å²) < 4.78 is 37.0. The van der Waals surface area contributed by atoms with E-state index in [0.29, 0.717) is 30.8 Å². The van der Waals surface area contributed by atoms with Crippen LogP contribution in [0.4, 0.5) is 14.5 Å². The smallest absolute Gasteiger partial charge is 0.131 e. The number of benzene rings is 1. The number of aromatic amines is 1. The van der Waals surface area contributed by atoms with Crippen molar-refractivity contribution in [2.24, 2.45) is 0 Å². The fraction of sp³-hybridized carbons (Fsp3) is 0.200. The van der Waals surface area contributed by atoms with Crippen LogP contribution in [-0.4, -0.2) is 18.1 Å². The van der Waals surface area contributed by atoms with Crippen molar-refractivity contribution >= 4 is 5.69 Å². The number of halogens is 2. The standard InChI is InChI=1S/C20H18F2N2/c21-15-8-9-18(22)16(12-15)17-13-23-19(14-6-2-1-3-7-14)20(17)24-10-4-5-11-24/h1-6,8-9,12-14,23H,7,10-11H2/i14D. The zero-order chi connectivity index (χ0) is 17.4. The second-order valence-electron chi connectivity index (χ2n) is 5.94. The lowest BCUT2D eigenvalue weighted by molar-refractivity contribution is 0.603. The number of hydrogen-bond acceptors (Lipinski definition) is 1. The predicted octanol–water partition coefficient (Wildman–Crippen LogP) is 4.94. The summed E-state index contributed by atoms with van der Waals surface area (Å²) in [6.45, 7) is 1.37. The normalized spacial score (nSPS) is 23.1. The average Bonchev–Trinajstić information content (AvgIpc) is 3.26. The Morgan fingerprint density at radius 2 is 1.92 bits per heavy atom. The molecule has 122 valence electrons. The van der Waals surface area contributed by atoms with E-state index < -0.39 is 17.5 Å². The van der Waals surface area contributed by atoms with Gasteiger partial charge in [0.1, 0.15) is 11.6 Å². The molecule has 0 spiro atoms. The third kappa shape index (κ3) is 2.58. The summed E-state index contributed by atoms with van der Waals surface area (Å²) in [7, 11) is 0. The van der Waals surface area contributed by atoms with Gasteiger partial charge in [0.2, 0.25) is 0 Å². The van der Waals surface area contributed by atoms with Crippen LogP contribution >= 0.6 is 0 Å². The number of rotatable bonds is 3. The van der Waals surface area contributed by atoms with Crippen LogP contribution in [0.2, 0.25) is 0 Å². The highest BCUT2D eigenvalue weighted by Crippen LogP contribution is 2.41. The number of anilines is 1. The Balaban J connectivity index is 1.89. The Labute approximate surface area is 141 Å². The molecule has 0 fully saturated rings. The Kier molecular flexibility index (Phi) is 3.51. The molecule has 1 aliphatic carbocycles. The third-order valence-corrected chi connectivity index (χ3v) is 4.41. The lowest BCUT2D eigenvalue weighted by atomic mass is 9.94. The molecule has 0 saturated carbocycles. The average molecular weight is 325 g/mol. The first kappa shape index (κ1) is 13.8. The Bertz CT molecular complexity index is 889. The summed E-state index contributed by atoms with van der Waals surface area (Å²) in [5.74, 6) is -1.90. The minimum atomic E-state index is -0.950. The van der Waals surface area contributed by atoms with Gasteiger partial charge in [0.25, 0.3) is 0 Å². The molecule has 0 amide bonds. The molecule has 1 atom stereocenters. The molecule has 24 heavy (non-hydrogen) atoms. The van der Waals surface area contributed by atoms with Gasteiger partial charge in [-0.2, -0.15) is 0 Å². The molecule has 2 aliphatic rings. The molecular formula is C20H18F2N2. The molecule has 2 nitrogen and oxygen atoms in total. The number of H-pyrrole nitrogens is 1. The van der Waals surface area contributed by atoms with Crippen LogP contribution in [0.3, 0.4) is 0 Å². The van der Waals surface area contributed by atoms with E-state index in [9.17, 15) is 8.78 Å². The predicted molar refractivity (Wildman–Crippen MR) is 93.1 cm³/mol. The number of nitrogens with zero attached hydrogens (tertiary/aromatic N) is 1. The quantitative estimate of drug-likeness (QED) is 0.792. The molecule has 4 heteroatoms. The topological polar surface area (TPSA) is 19.0 Å². The maximum atomic E-state index is 14.4. The molecule has 0 saturated heterocycles. The zero-order valence-electron chi connectivity index (χ0n) is 14.1. The van der Waals surface area contributed by atoms with Gasteiger partial charge in [-0.15, -0.1) is 0 Å². The lowest BCUT2D eigenvalue weighted by Gasteiger charge is -2.24. The molecule has 0 radical (unpaired) electrons. The third-order valence-electron chi connectivity index (χ3n) is 4.41. The molecule has 2 aromatic rings. The van der Waals surface area contributed by atoms with Crippen molar-refractivity contribution in [3.05, 3.63) is 78.2 Å². The molecular weight excluding hydrogens is 306 g/mol. The highest BCUT2D eigenvalue weighted by Gasteiger charge is 2.25. The Morgan fingerprint density at radius 1 is 1.08 bits per heavy atom. The van der Waals surface area contributed by atoms with Crippen LogP contribution in [0.1, 0.15) is 19.4 Å². The lowest BCUT2D eigenvalue weighted by Crippen LogP contribution is -2.21. The first-order valence-corrected chi connectivity index (χ1v) is 8.00. The number of nitrogens with one attached hydrogen (secondary N) is 1.